The summed E-state index contributed by atoms with van der Waals surface area (Å²) in [4.78, 5) is 11.2. The Kier molecular flexibility index (Phi) is 5.87. The first-order valence-corrected chi connectivity index (χ1v) is 8.62. The molecule has 0 unspecified atom stereocenters. The molecule has 0 aliphatic heterocycles. The number of halogens is 4. The quantitative estimate of drug-likeness (QED) is 0.535. The van der Waals surface area contributed by atoms with E-state index in [0.717, 1.165) is 17.7 Å². The van der Waals surface area contributed by atoms with E-state index in [1.165, 1.54) is 18.2 Å². The zero-order valence-electron chi connectivity index (χ0n) is 15.0. The fourth-order valence-electron chi connectivity index (χ4n) is 2.85. The molecule has 1 N–H and O–H groups in total. The minimum absolute atomic E-state index is 0.0563. The van der Waals surface area contributed by atoms with Crippen LogP contribution in [0.1, 0.15) is 16.7 Å². The summed E-state index contributed by atoms with van der Waals surface area (Å²) in [5.74, 6) is -1.84. The van der Waals surface area contributed by atoms with Gasteiger partial charge in [-0.2, -0.15) is 13.2 Å². The predicted molar refractivity (Wildman–Crippen MR) is 99.0 cm³/mol. The van der Waals surface area contributed by atoms with Gasteiger partial charge >= 0.3 is 12.1 Å². The summed E-state index contributed by atoms with van der Waals surface area (Å²) in [5, 5.41) is 9.16. The zero-order chi connectivity index (χ0) is 21.0. The molecule has 0 atom stereocenters. The molecular weight excluding hydrogens is 388 g/mol. The second-order valence-corrected chi connectivity index (χ2v) is 6.36. The zero-order valence-corrected chi connectivity index (χ0v) is 15.0. The Morgan fingerprint density at radius 2 is 1.69 bits per heavy atom. The van der Waals surface area contributed by atoms with Gasteiger partial charge in [-0.3, -0.25) is 4.79 Å². The Morgan fingerprint density at radius 1 is 0.966 bits per heavy atom. The van der Waals surface area contributed by atoms with Crippen LogP contribution in [0.25, 0.3) is 11.1 Å². The SMILES string of the molecule is O=C(O)Cc1cc(-c2ccc(C(F)(F)F)cc2F)ccc1OCc1ccccc1. The van der Waals surface area contributed by atoms with Gasteiger partial charge in [0, 0.05) is 11.1 Å². The molecule has 150 valence electrons. The van der Waals surface area contributed by atoms with E-state index in [1.54, 1.807) is 0 Å². The number of rotatable bonds is 6. The van der Waals surface area contributed by atoms with E-state index < -0.39 is 23.5 Å². The molecule has 3 rings (SSSR count). The van der Waals surface area contributed by atoms with Crippen molar-refractivity contribution in [2.75, 3.05) is 0 Å². The summed E-state index contributed by atoms with van der Waals surface area (Å²) in [6.45, 7) is 0.210. The monoisotopic (exact) mass is 404 g/mol. The average Bonchev–Trinajstić information content (AvgIpc) is 2.66. The highest BCUT2D eigenvalue weighted by Gasteiger charge is 2.31. The maximum absolute atomic E-state index is 14.3. The number of aliphatic carboxylic acids is 1. The number of carboxylic acids is 1. The molecule has 0 amide bonds. The van der Waals surface area contributed by atoms with Crippen LogP contribution in [0.3, 0.4) is 0 Å². The average molecular weight is 404 g/mol. The van der Waals surface area contributed by atoms with Gasteiger partial charge in [-0.1, -0.05) is 42.5 Å². The Morgan fingerprint density at radius 3 is 2.31 bits per heavy atom. The lowest BCUT2D eigenvalue weighted by atomic mass is 9.99. The molecule has 0 aromatic heterocycles. The van der Waals surface area contributed by atoms with Gasteiger partial charge in [0.15, 0.2) is 0 Å². The highest BCUT2D eigenvalue weighted by Crippen LogP contribution is 2.34. The van der Waals surface area contributed by atoms with Crippen LogP contribution in [0.5, 0.6) is 5.75 Å². The number of carboxylic acid groups (broad SMARTS) is 1. The first kappa shape index (κ1) is 20.4. The van der Waals surface area contributed by atoms with Gasteiger partial charge in [-0.15, -0.1) is 0 Å². The summed E-state index contributed by atoms with van der Waals surface area (Å²) < 4.78 is 58.2. The van der Waals surface area contributed by atoms with Gasteiger partial charge in [-0.05, 0) is 35.4 Å². The molecule has 0 radical (unpaired) electrons. The van der Waals surface area contributed by atoms with E-state index in [-0.39, 0.29) is 24.2 Å². The first-order valence-electron chi connectivity index (χ1n) is 8.62. The van der Waals surface area contributed by atoms with Crippen LogP contribution < -0.4 is 4.74 Å². The highest BCUT2D eigenvalue weighted by molar-refractivity contribution is 5.74. The summed E-state index contributed by atoms with van der Waals surface area (Å²) in [6, 6.07) is 15.9. The third-order valence-corrected chi connectivity index (χ3v) is 4.25. The van der Waals surface area contributed by atoms with E-state index >= 15 is 0 Å². The topological polar surface area (TPSA) is 46.5 Å². The van der Waals surface area contributed by atoms with Crippen LogP contribution in [0.15, 0.2) is 66.7 Å². The largest absolute Gasteiger partial charge is 0.489 e. The molecule has 0 spiro atoms. The smallest absolute Gasteiger partial charge is 0.416 e. The molecule has 7 heteroatoms. The summed E-state index contributed by atoms with van der Waals surface area (Å²) in [6.07, 6.45) is -5.02. The molecule has 0 saturated heterocycles. The lowest BCUT2D eigenvalue weighted by Crippen LogP contribution is -2.06. The third kappa shape index (κ3) is 5.13. The number of benzene rings is 3. The summed E-state index contributed by atoms with van der Waals surface area (Å²) in [7, 11) is 0. The Hall–Kier alpha value is -3.35. The molecule has 0 saturated carbocycles. The van der Waals surface area contributed by atoms with Crippen LogP contribution in [0.4, 0.5) is 17.6 Å². The van der Waals surface area contributed by atoms with Gasteiger partial charge in [0.2, 0.25) is 0 Å². The van der Waals surface area contributed by atoms with Crippen molar-refractivity contribution >= 4 is 5.97 Å². The van der Waals surface area contributed by atoms with E-state index in [2.05, 4.69) is 0 Å². The predicted octanol–water partition coefficient (Wildman–Crippen LogP) is 5.72. The van der Waals surface area contributed by atoms with E-state index in [4.69, 9.17) is 9.84 Å². The lowest BCUT2D eigenvalue weighted by molar-refractivity contribution is -0.138. The van der Waals surface area contributed by atoms with Crippen molar-refractivity contribution in [3.63, 3.8) is 0 Å². The Balaban J connectivity index is 1.92. The fourth-order valence-corrected chi connectivity index (χ4v) is 2.85. The number of ether oxygens (including phenoxy) is 1. The minimum atomic E-state index is -4.65. The van der Waals surface area contributed by atoms with Crippen LogP contribution in [-0.2, 0) is 24.0 Å². The second kappa shape index (κ2) is 8.34. The van der Waals surface area contributed by atoms with E-state index in [9.17, 15) is 22.4 Å². The standard InChI is InChI=1S/C22H16F4O3/c23-19-12-17(22(24,25)26)7-8-18(19)15-6-9-20(16(10-15)11-21(27)28)29-13-14-4-2-1-3-5-14/h1-10,12H,11,13H2,(H,27,28). The van der Waals surface area contributed by atoms with Crippen LogP contribution in [0.2, 0.25) is 0 Å². The van der Waals surface area contributed by atoms with Crippen molar-refractivity contribution in [3.8, 4) is 16.9 Å². The Labute approximate surface area is 164 Å². The molecule has 29 heavy (non-hydrogen) atoms. The maximum atomic E-state index is 14.3. The Bertz CT molecular complexity index is 1010. The van der Waals surface area contributed by atoms with Gasteiger partial charge < -0.3 is 9.84 Å². The van der Waals surface area contributed by atoms with Crippen molar-refractivity contribution in [2.24, 2.45) is 0 Å². The molecule has 0 aliphatic rings. The summed E-state index contributed by atoms with van der Waals surface area (Å²) >= 11 is 0. The molecule has 3 aromatic rings. The highest BCUT2D eigenvalue weighted by atomic mass is 19.4. The minimum Gasteiger partial charge on any atom is -0.489 e. The first-order chi connectivity index (χ1) is 13.7. The van der Waals surface area contributed by atoms with Gasteiger partial charge in [0.05, 0.1) is 12.0 Å². The normalized spacial score (nSPS) is 11.3. The van der Waals surface area contributed by atoms with Crippen molar-refractivity contribution in [3.05, 3.63) is 89.2 Å². The second-order valence-electron chi connectivity index (χ2n) is 6.36. The van der Waals surface area contributed by atoms with Gasteiger partial charge in [0.1, 0.15) is 18.2 Å². The van der Waals surface area contributed by atoms with Crippen molar-refractivity contribution < 1.29 is 32.2 Å². The number of hydrogen-bond donors (Lipinski definition) is 1. The van der Waals surface area contributed by atoms with Crippen LogP contribution >= 0.6 is 0 Å². The molecule has 0 aliphatic carbocycles. The molecule has 0 bridgehead atoms. The fraction of sp³-hybridized carbons (Fsp3) is 0.136. The number of hydrogen-bond acceptors (Lipinski definition) is 2. The molecule has 3 nitrogen and oxygen atoms in total. The van der Waals surface area contributed by atoms with Gasteiger partial charge in [0.25, 0.3) is 0 Å². The van der Waals surface area contributed by atoms with Crippen LogP contribution in [-0.4, -0.2) is 11.1 Å². The van der Waals surface area contributed by atoms with Gasteiger partial charge in [-0.25, -0.2) is 4.39 Å². The van der Waals surface area contributed by atoms with Crippen molar-refractivity contribution in [1.82, 2.24) is 0 Å². The van der Waals surface area contributed by atoms with E-state index in [0.29, 0.717) is 17.4 Å². The summed E-state index contributed by atoms with van der Waals surface area (Å²) in [5.41, 5.74) is 0.294. The third-order valence-electron chi connectivity index (χ3n) is 4.25. The molecule has 3 aromatic carbocycles. The van der Waals surface area contributed by atoms with Crippen LogP contribution in [0, 0.1) is 5.82 Å². The molecule has 0 heterocycles. The number of carbonyl (C=O) groups is 1. The van der Waals surface area contributed by atoms with Crippen molar-refractivity contribution in [2.45, 2.75) is 19.2 Å². The molecule has 0 fully saturated rings. The molecular formula is C22H16F4O3. The number of alkyl halides is 3. The van der Waals surface area contributed by atoms with E-state index in [1.807, 2.05) is 30.3 Å². The lowest BCUT2D eigenvalue weighted by Gasteiger charge is -2.14. The maximum Gasteiger partial charge on any atom is 0.416 e. The van der Waals surface area contributed by atoms with Crippen molar-refractivity contribution in [1.29, 1.82) is 0 Å².